The molecule has 0 bridgehead atoms. The Kier molecular flexibility index (Phi) is 4.49. The molecule has 6 nitrogen and oxygen atoms in total. The van der Waals surface area contributed by atoms with E-state index in [1.54, 1.807) is 30.7 Å². The number of hydrogen-bond acceptors (Lipinski definition) is 4. The number of nitrogens with one attached hydrogen (secondary N) is 2. The maximum atomic E-state index is 11.9. The molecule has 0 aliphatic rings. The summed E-state index contributed by atoms with van der Waals surface area (Å²) in [5.74, 6) is 1.09. The highest BCUT2D eigenvalue weighted by atomic mass is 16.5. The van der Waals surface area contributed by atoms with Crippen molar-refractivity contribution in [2.45, 2.75) is 12.8 Å². The van der Waals surface area contributed by atoms with Crippen molar-refractivity contribution in [3.05, 3.63) is 42.1 Å². The first-order chi connectivity index (χ1) is 9.31. The van der Waals surface area contributed by atoms with E-state index in [-0.39, 0.29) is 5.91 Å². The number of carbonyl (C=O) groups excluding carboxylic acids is 1. The number of carbonyl (C=O) groups is 1. The van der Waals surface area contributed by atoms with Gasteiger partial charge in [0.05, 0.1) is 7.11 Å². The minimum absolute atomic E-state index is 0.176. The van der Waals surface area contributed by atoms with E-state index in [2.05, 4.69) is 20.3 Å². The van der Waals surface area contributed by atoms with Gasteiger partial charge in [0.1, 0.15) is 11.4 Å². The molecule has 0 atom stereocenters. The van der Waals surface area contributed by atoms with Gasteiger partial charge in [0, 0.05) is 31.6 Å². The van der Waals surface area contributed by atoms with Gasteiger partial charge in [-0.15, -0.1) is 0 Å². The SMILES string of the molecule is COc1ncccc1C(=O)NCCCc1ncc[nH]1. The predicted octanol–water partition coefficient (Wildman–Crippen LogP) is 1.18. The average molecular weight is 260 g/mol. The molecule has 1 amide bonds. The number of aromatic amines is 1. The molecule has 0 fully saturated rings. The normalized spacial score (nSPS) is 10.2. The zero-order chi connectivity index (χ0) is 13.5. The van der Waals surface area contributed by atoms with Gasteiger partial charge in [-0.2, -0.15) is 0 Å². The summed E-state index contributed by atoms with van der Waals surface area (Å²) in [4.78, 5) is 23.1. The van der Waals surface area contributed by atoms with Gasteiger partial charge in [0.2, 0.25) is 5.88 Å². The smallest absolute Gasteiger partial charge is 0.256 e. The highest BCUT2D eigenvalue weighted by Crippen LogP contribution is 2.12. The zero-order valence-corrected chi connectivity index (χ0v) is 10.7. The molecule has 0 aliphatic carbocycles. The van der Waals surface area contributed by atoms with Crippen molar-refractivity contribution < 1.29 is 9.53 Å². The third-order valence-corrected chi connectivity index (χ3v) is 2.64. The van der Waals surface area contributed by atoms with Gasteiger partial charge >= 0.3 is 0 Å². The van der Waals surface area contributed by atoms with E-state index in [1.807, 2.05) is 0 Å². The Labute approximate surface area is 111 Å². The fourth-order valence-electron chi connectivity index (χ4n) is 1.71. The highest BCUT2D eigenvalue weighted by molar-refractivity contribution is 5.96. The molecule has 19 heavy (non-hydrogen) atoms. The van der Waals surface area contributed by atoms with E-state index in [0.717, 1.165) is 18.7 Å². The van der Waals surface area contributed by atoms with E-state index in [1.165, 1.54) is 7.11 Å². The Bertz CT molecular complexity index is 525. The van der Waals surface area contributed by atoms with Crippen LogP contribution in [0.25, 0.3) is 0 Å². The van der Waals surface area contributed by atoms with Gasteiger partial charge < -0.3 is 15.0 Å². The van der Waals surface area contributed by atoms with Crippen LogP contribution in [0.5, 0.6) is 5.88 Å². The summed E-state index contributed by atoms with van der Waals surface area (Å²) >= 11 is 0. The van der Waals surface area contributed by atoms with E-state index >= 15 is 0 Å². The van der Waals surface area contributed by atoms with Crippen LogP contribution in [0.1, 0.15) is 22.6 Å². The topological polar surface area (TPSA) is 79.9 Å². The van der Waals surface area contributed by atoms with E-state index in [9.17, 15) is 4.79 Å². The summed E-state index contributed by atoms with van der Waals surface area (Å²) in [6, 6.07) is 3.40. The van der Waals surface area contributed by atoms with Crippen LogP contribution in [0.3, 0.4) is 0 Å². The fourth-order valence-corrected chi connectivity index (χ4v) is 1.71. The Hall–Kier alpha value is -2.37. The molecule has 0 aromatic carbocycles. The minimum Gasteiger partial charge on any atom is -0.480 e. The molecule has 6 heteroatoms. The molecular weight excluding hydrogens is 244 g/mol. The van der Waals surface area contributed by atoms with Crippen molar-refractivity contribution in [3.63, 3.8) is 0 Å². The average Bonchev–Trinajstić information content (AvgIpc) is 2.96. The lowest BCUT2D eigenvalue weighted by Gasteiger charge is -2.07. The van der Waals surface area contributed by atoms with Crippen LogP contribution in [0.15, 0.2) is 30.7 Å². The number of aryl methyl sites for hydroxylation is 1. The van der Waals surface area contributed by atoms with Crippen molar-refractivity contribution in [1.82, 2.24) is 20.3 Å². The first-order valence-corrected chi connectivity index (χ1v) is 6.06. The molecule has 0 radical (unpaired) electrons. The first-order valence-electron chi connectivity index (χ1n) is 6.06. The lowest BCUT2D eigenvalue weighted by atomic mass is 10.2. The van der Waals surface area contributed by atoms with E-state index in [0.29, 0.717) is 18.0 Å². The highest BCUT2D eigenvalue weighted by Gasteiger charge is 2.11. The lowest BCUT2D eigenvalue weighted by molar-refractivity contribution is 0.0949. The summed E-state index contributed by atoms with van der Waals surface area (Å²) in [5, 5.41) is 2.84. The monoisotopic (exact) mass is 260 g/mol. The Morgan fingerprint density at radius 3 is 3.05 bits per heavy atom. The van der Waals surface area contributed by atoms with Crippen LogP contribution in [0.2, 0.25) is 0 Å². The molecule has 2 aromatic heterocycles. The molecule has 0 aliphatic heterocycles. The molecular formula is C13H16N4O2. The van der Waals surface area contributed by atoms with Crippen LogP contribution in [0.4, 0.5) is 0 Å². The standard InChI is InChI=1S/C13H16N4O2/c1-19-13-10(4-2-7-17-13)12(18)16-6-3-5-11-14-8-9-15-11/h2,4,7-9H,3,5-6H2,1H3,(H,14,15)(H,16,18). The zero-order valence-electron chi connectivity index (χ0n) is 10.7. The molecule has 2 heterocycles. The minimum atomic E-state index is -0.176. The number of methoxy groups -OCH3 is 1. The number of ether oxygens (including phenoxy) is 1. The van der Waals surface area contributed by atoms with E-state index < -0.39 is 0 Å². The van der Waals surface area contributed by atoms with Gasteiger partial charge in [0.25, 0.3) is 5.91 Å². The number of hydrogen-bond donors (Lipinski definition) is 2. The van der Waals surface area contributed by atoms with Crippen molar-refractivity contribution in [1.29, 1.82) is 0 Å². The van der Waals surface area contributed by atoms with Crippen LogP contribution >= 0.6 is 0 Å². The Morgan fingerprint density at radius 1 is 1.42 bits per heavy atom. The van der Waals surface area contributed by atoms with Gasteiger partial charge in [-0.05, 0) is 18.6 Å². The number of imidazole rings is 1. The van der Waals surface area contributed by atoms with E-state index in [4.69, 9.17) is 4.74 Å². The summed E-state index contributed by atoms with van der Waals surface area (Å²) in [5.41, 5.74) is 0.447. The molecule has 0 spiro atoms. The predicted molar refractivity (Wildman–Crippen MR) is 70.0 cm³/mol. The number of aromatic nitrogens is 3. The molecule has 0 saturated heterocycles. The molecule has 2 N–H and O–H groups in total. The third kappa shape index (κ3) is 3.54. The largest absolute Gasteiger partial charge is 0.480 e. The molecule has 0 saturated carbocycles. The van der Waals surface area contributed by atoms with Crippen LogP contribution in [0, 0.1) is 0 Å². The molecule has 100 valence electrons. The second-order valence-corrected chi connectivity index (χ2v) is 3.96. The summed E-state index contributed by atoms with van der Waals surface area (Å²) in [6.45, 7) is 0.581. The van der Waals surface area contributed by atoms with Crippen molar-refractivity contribution in [3.8, 4) is 5.88 Å². The maximum absolute atomic E-state index is 11.9. The van der Waals surface area contributed by atoms with Gasteiger partial charge in [-0.3, -0.25) is 4.79 Å². The Morgan fingerprint density at radius 2 is 2.32 bits per heavy atom. The summed E-state index contributed by atoms with van der Waals surface area (Å²) < 4.78 is 5.04. The lowest BCUT2D eigenvalue weighted by Crippen LogP contribution is -2.25. The number of rotatable bonds is 6. The summed E-state index contributed by atoms with van der Waals surface area (Å²) in [7, 11) is 1.50. The molecule has 2 aromatic rings. The van der Waals surface area contributed by atoms with Crippen molar-refractivity contribution >= 4 is 5.91 Å². The fraction of sp³-hybridized carbons (Fsp3) is 0.308. The second kappa shape index (κ2) is 6.53. The van der Waals surface area contributed by atoms with Crippen LogP contribution < -0.4 is 10.1 Å². The molecule has 2 rings (SSSR count). The van der Waals surface area contributed by atoms with Crippen LogP contribution in [-0.4, -0.2) is 34.5 Å². The number of nitrogens with zero attached hydrogens (tertiary/aromatic N) is 2. The van der Waals surface area contributed by atoms with Gasteiger partial charge in [0.15, 0.2) is 0 Å². The molecule has 0 unspecified atom stereocenters. The summed E-state index contributed by atoms with van der Waals surface area (Å²) in [6.07, 6.45) is 6.72. The maximum Gasteiger partial charge on any atom is 0.256 e. The van der Waals surface area contributed by atoms with Gasteiger partial charge in [-0.1, -0.05) is 0 Å². The van der Waals surface area contributed by atoms with Gasteiger partial charge in [-0.25, -0.2) is 9.97 Å². The Balaban J connectivity index is 1.81. The number of pyridine rings is 1. The number of amides is 1. The first kappa shape index (κ1) is 13.1. The second-order valence-electron chi connectivity index (χ2n) is 3.96. The van der Waals surface area contributed by atoms with Crippen LogP contribution in [-0.2, 0) is 6.42 Å². The van der Waals surface area contributed by atoms with Crippen molar-refractivity contribution in [2.24, 2.45) is 0 Å². The van der Waals surface area contributed by atoms with Crippen molar-refractivity contribution in [2.75, 3.05) is 13.7 Å². The number of H-pyrrole nitrogens is 1. The third-order valence-electron chi connectivity index (χ3n) is 2.64. The quantitative estimate of drug-likeness (QED) is 0.764.